The standard InChI is InChI=1S/C14H18N4/c1-14(7-8-14)9-16-12-10-5-3-4-6-11(10)17-13(15-2)18-12/h3-6H,7-9H2,1-2H3,(H2,15,16,17,18). The minimum Gasteiger partial charge on any atom is -0.369 e. The normalized spacial score (nSPS) is 16.6. The molecule has 3 rings (SSSR count). The number of benzene rings is 1. The summed E-state index contributed by atoms with van der Waals surface area (Å²) in [6.45, 7) is 3.29. The molecular weight excluding hydrogens is 224 g/mol. The van der Waals surface area contributed by atoms with E-state index in [1.54, 1.807) is 0 Å². The van der Waals surface area contributed by atoms with Gasteiger partial charge in [0.1, 0.15) is 5.82 Å². The quantitative estimate of drug-likeness (QED) is 0.865. The van der Waals surface area contributed by atoms with Crippen LogP contribution >= 0.6 is 0 Å². The SMILES string of the molecule is CNc1nc(NCC2(C)CC2)c2ccccc2n1. The topological polar surface area (TPSA) is 49.8 Å². The summed E-state index contributed by atoms with van der Waals surface area (Å²) in [5.41, 5.74) is 1.44. The third-order valence-corrected chi connectivity index (χ3v) is 3.61. The number of fused-ring (bicyclic) bond motifs is 1. The van der Waals surface area contributed by atoms with Crippen molar-refractivity contribution in [3.05, 3.63) is 24.3 Å². The molecule has 4 heteroatoms. The Hall–Kier alpha value is -1.84. The van der Waals surface area contributed by atoms with Crippen molar-refractivity contribution in [1.29, 1.82) is 0 Å². The third kappa shape index (κ3) is 2.10. The second kappa shape index (κ2) is 4.12. The van der Waals surface area contributed by atoms with Crippen molar-refractivity contribution in [3.8, 4) is 0 Å². The molecule has 0 radical (unpaired) electrons. The van der Waals surface area contributed by atoms with E-state index >= 15 is 0 Å². The van der Waals surface area contributed by atoms with Crippen LogP contribution in [0.15, 0.2) is 24.3 Å². The van der Waals surface area contributed by atoms with Gasteiger partial charge in [0.05, 0.1) is 5.52 Å². The van der Waals surface area contributed by atoms with E-state index in [1.165, 1.54) is 12.8 Å². The predicted octanol–water partition coefficient (Wildman–Crippen LogP) is 2.88. The number of nitrogens with zero attached hydrogens (tertiary/aromatic N) is 2. The highest BCUT2D eigenvalue weighted by Gasteiger charge is 2.36. The number of anilines is 2. The average molecular weight is 242 g/mol. The molecule has 1 aliphatic carbocycles. The van der Waals surface area contributed by atoms with Crippen molar-refractivity contribution in [3.63, 3.8) is 0 Å². The molecule has 0 spiro atoms. The van der Waals surface area contributed by atoms with Gasteiger partial charge < -0.3 is 10.6 Å². The first-order valence-corrected chi connectivity index (χ1v) is 6.39. The maximum Gasteiger partial charge on any atom is 0.224 e. The molecule has 1 aromatic heterocycles. The first-order chi connectivity index (χ1) is 8.70. The van der Waals surface area contributed by atoms with Crippen molar-refractivity contribution in [1.82, 2.24) is 9.97 Å². The van der Waals surface area contributed by atoms with Crippen molar-refractivity contribution in [2.24, 2.45) is 5.41 Å². The van der Waals surface area contributed by atoms with Crippen LogP contribution in [0.25, 0.3) is 10.9 Å². The molecule has 0 bridgehead atoms. The molecule has 1 saturated carbocycles. The summed E-state index contributed by atoms with van der Waals surface area (Å²) in [5.74, 6) is 1.59. The first kappa shape index (κ1) is 11.3. The molecule has 0 saturated heterocycles. The lowest BCUT2D eigenvalue weighted by molar-refractivity contribution is 0.610. The van der Waals surface area contributed by atoms with Crippen LogP contribution in [0.4, 0.5) is 11.8 Å². The Morgan fingerprint density at radius 1 is 1.22 bits per heavy atom. The van der Waals surface area contributed by atoms with E-state index in [0.29, 0.717) is 11.4 Å². The number of hydrogen-bond donors (Lipinski definition) is 2. The Bertz CT molecular complexity index is 575. The van der Waals surface area contributed by atoms with Gasteiger partial charge in [-0.1, -0.05) is 19.1 Å². The Balaban J connectivity index is 1.97. The maximum absolute atomic E-state index is 4.52. The molecule has 0 aliphatic heterocycles. The largest absolute Gasteiger partial charge is 0.369 e. The van der Waals surface area contributed by atoms with Crippen molar-refractivity contribution >= 4 is 22.7 Å². The van der Waals surface area contributed by atoms with Gasteiger partial charge in [0, 0.05) is 19.0 Å². The minimum absolute atomic E-state index is 0.464. The molecule has 1 heterocycles. The lowest BCUT2D eigenvalue weighted by Crippen LogP contribution is -2.13. The fourth-order valence-corrected chi connectivity index (χ4v) is 2.01. The van der Waals surface area contributed by atoms with Crippen molar-refractivity contribution in [2.45, 2.75) is 19.8 Å². The second-order valence-corrected chi connectivity index (χ2v) is 5.33. The van der Waals surface area contributed by atoms with Gasteiger partial charge >= 0.3 is 0 Å². The second-order valence-electron chi connectivity index (χ2n) is 5.33. The van der Waals surface area contributed by atoms with Gasteiger partial charge in [-0.25, -0.2) is 4.98 Å². The zero-order valence-corrected chi connectivity index (χ0v) is 10.8. The van der Waals surface area contributed by atoms with Crippen LogP contribution in [0, 0.1) is 5.41 Å². The number of aromatic nitrogens is 2. The van der Waals surface area contributed by atoms with E-state index < -0.39 is 0 Å². The molecule has 2 N–H and O–H groups in total. The molecule has 2 aromatic rings. The first-order valence-electron chi connectivity index (χ1n) is 6.39. The zero-order valence-electron chi connectivity index (χ0n) is 10.8. The van der Waals surface area contributed by atoms with E-state index in [9.17, 15) is 0 Å². The van der Waals surface area contributed by atoms with Gasteiger partial charge in [0.25, 0.3) is 0 Å². The molecule has 1 fully saturated rings. The number of para-hydroxylation sites is 1. The summed E-state index contributed by atoms with van der Waals surface area (Å²) >= 11 is 0. The van der Waals surface area contributed by atoms with Crippen LogP contribution in [0.1, 0.15) is 19.8 Å². The van der Waals surface area contributed by atoms with Crippen LogP contribution in [0.3, 0.4) is 0 Å². The van der Waals surface area contributed by atoms with E-state index in [0.717, 1.165) is 23.3 Å². The zero-order chi connectivity index (χ0) is 12.6. The average Bonchev–Trinajstić information content (AvgIpc) is 3.14. The van der Waals surface area contributed by atoms with E-state index in [4.69, 9.17) is 0 Å². The smallest absolute Gasteiger partial charge is 0.224 e. The molecular formula is C14H18N4. The molecule has 1 aliphatic rings. The Kier molecular flexibility index (Phi) is 2.58. The summed E-state index contributed by atoms with van der Waals surface area (Å²) < 4.78 is 0. The molecule has 0 atom stereocenters. The van der Waals surface area contributed by atoms with Crippen molar-refractivity contribution in [2.75, 3.05) is 24.2 Å². The van der Waals surface area contributed by atoms with Crippen LogP contribution in [-0.2, 0) is 0 Å². The summed E-state index contributed by atoms with van der Waals surface area (Å²) in [5, 5.41) is 7.57. The molecule has 4 nitrogen and oxygen atoms in total. The summed E-state index contributed by atoms with van der Waals surface area (Å²) in [6.07, 6.45) is 2.61. The summed E-state index contributed by atoms with van der Waals surface area (Å²) in [7, 11) is 1.84. The van der Waals surface area contributed by atoms with E-state index in [-0.39, 0.29) is 0 Å². The maximum atomic E-state index is 4.52. The number of nitrogens with one attached hydrogen (secondary N) is 2. The van der Waals surface area contributed by atoms with E-state index in [2.05, 4.69) is 33.6 Å². The number of rotatable bonds is 4. The molecule has 0 unspecified atom stereocenters. The monoisotopic (exact) mass is 242 g/mol. The Morgan fingerprint density at radius 2 is 2.00 bits per heavy atom. The predicted molar refractivity (Wildman–Crippen MR) is 74.9 cm³/mol. The lowest BCUT2D eigenvalue weighted by Gasteiger charge is -2.13. The fourth-order valence-electron chi connectivity index (χ4n) is 2.01. The highest BCUT2D eigenvalue weighted by atomic mass is 15.1. The van der Waals surface area contributed by atoms with Gasteiger partial charge in [0.2, 0.25) is 5.95 Å². The van der Waals surface area contributed by atoms with Crippen LogP contribution in [0.2, 0.25) is 0 Å². The van der Waals surface area contributed by atoms with Gasteiger partial charge in [-0.3, -0.25) is 0 Å². The molecule has 0 amide bonds. The summed E-state index contributed by atoms with van der Waals surface area (Å²) in [4.78, 5) is 8.97. The van der Waals surface area contributed by atoms with Gasteiger partial charge in [-0.05, 0) is 30.4 Å². The fraction of sp³-hybridized carbons (Fsp3) is 0.429. The van der Waals surface area contributed by atoms with Gasteiger partial charge in [-0.2, -0.15) is 4.98 Å². The number of hydrogen-bond acceptors (Lipinski definition) is 4. The molecule has 18 heavy (non-hydrogen) atoms. The summed E-state index contributed by atoms with van der Waals surface area (Å²) in [6, 6.07) is 8.10. The molecule has 1 aromatic carbocycles. The highest BCUT2D eigenvalue weighted by molar-refractivity contribution is 5.90. The van der Waals surface area contributed by atoms with Crippen LogP contribution < -0.4 is 10.6 Å². The molecule has 94 valence electrons. The van der Waals surface area contributed by atoms with Crippen molar-refractivity contribution < 1.29 is 0 Å². The van der Waals surface area contributed by atoms with Gasteiger partial charge in [0.15, 0.2) is 0 Å². The Labute approximate surface area is 107 Å². The minimum atomic E-state index is 0.464. The van der Waals surface area contributed by atoms with E-state index in [1.807, 2.05) is 25.2 Å². The lowest BCUT2D eigenvalue weighted by atomic mass is 10.1. The van der Waals surface area contributed by atoms with Crippen LogP contribution in [-0.4, -0.2) is 23.6 Å². The highest BCUT2D eigenvalue weighted by Crippen LogP contribution is 2.44. The Morgan fingerprint density at radius 3 is 2.72 bits per heavy atom. The van der Waals surface area contributed by atoms with Crippen LogP contribution in [0.5, 0.6) is 0 Å². The third-order valence-electron chi connectivity index (χ3n) is 3.61. The van der Waals surface area contributed by atoms with Gasteiger partial charge in [-0.15, -0.1) is 0 Å².